The van der Waals surface area contributed by atoms with Crippen LogP contribution in [0.15, 0.2) is 36.4 Å². The summed E-state index contributed by atoms with van der Waals surface area (Å²) in [5.74, 6) is 1.57. The Hall–Kier alpha value is -2.31. The number of benzene rings is 2. The fourth-order valence-corrected chi connectivity index (χ4v) is 4.82. The number of hydrogen-bond acceptors (Lipinski definition) is 3. The van der Waals surface area contributed by atoms with Crippen LogP contribution in [-0.2, 0) is 13.0 Å². The van der Waals surface area contributed by atoms with E-state index in [4.69, 9.17) is 21.7 Å². The van der Waals surface area contributed by atoms with Crippen LogP contribution < -0.4 is 25.0 Å². The molecule has 3 rings (SSSR count). The number of quaternary nitrogens is 1. The van der Waals surface area contributed by atoms with E-state index >= 15 is 0 Å². The topological polar surface area (TPSA) is 47.0 Å². The molecule has 2 aromatic carbocycles. The minimum atomic E-state index is 0.160. The average molecular weight is 429 g/mol. The molecule has 2 aromatic rings. The lowest BCUT2D eigenvalue weighted by Gasteiger charge is -2.38. The van der Waals surface area contributed by atoms with Crippen molar-refractivity contribution in [2.45, 2.75) is 45.8 Å². The molecule has 1 heterocycles. The van der Waals surface area contributed by atoms with E-state index in [0.717, 1.165) is 37.6 Å². The molecule has 3 atom stereocenters. The minimum absolute atomic E-state index is 0.160. The number of aryl methyl sites for hydroxylation is 1. The maximum Gasteiger partial charge on any atom is 0.166 e. The second-order valence-corrected chi connectivity index (χ2v) is 8.35. The van der Waals surface area contributed by atoms with Gasteiger partial charge in [-0.1, -0.05) is 24.3 Å². The zero-order valence-corrected chi connectivity index (χ0v) is 19.5. The van der Waals surface area contributed by atoms with Crippen LogP contribution in [0.3, 0.4) is 0 Å². The summed E-state index contributed by atoms with van der Waals surface area (Å²) < 4.78 is 11.2. The first-order valence-corrected chi connectivity index (χ1v) is 11.1. The van der Waals surface area contributed by atoms with Gasteiger partial charge in [0.25, 0.3) is 0 Å². The Bertz CT molecular complexity index is 887. The first-order valence-electron chi connectivity index (χ1n) is 10.7. The third kappa shape index (κ3) is 4.87. The summed E-state index contributed by atoms with van der Waals surface area (Å²) in [6.07, 6.45) is 1.01. The molecular formula is C24H34N3O2S+. The van der Waals surface area contributed by atoms with Crippen molar-refractivity contribution < 1.29 is 14.4 Å². The van der Waals surface area contributed by atoms with Crippen molar-refractivity contribution in [3.05, 3.63) is 58.7 Å². The lowest BCUT2D eigenvalue weighted by Crippen LogP contribution is -3.13. The molecule has 30 heavy (non-hydrogen) atoms. The van der Waals surface area contributed by atoms with E-state index in [1.165, 1.54) is 27.2 Å². The van der Waals surface area contributed by atoms with E-state index < -0.39 is 0 Å². The van der Waals surface area contributed by atoms with Gasteiger partial charge in [0.15, 0.2) is 16.6 Å². The second kappa shape index (κ2) is 10.1. The smallest absolute Gasteiger partial charge is 0.166 e. The van der Waals surface area contributed by atoms with Gasteiger partial charge in [0, 0.05) is 24.1 Å². The predicted molar refractivity (Wildman–Crippen MR) is 126 cm³/mol. The van der Waals surface area contributed by atoms with Crippen LogP contribution in [-0.4, -0.2) is 38.5 Å². The summed E-state index contributed by atoms with van der Waals surface area (Å²) in [4.78, 5) is 1.53. The molecule has 0 spiro atoms. The molecular weight excluding hydrogens is 394 g/mol. The largest absolute Gasteiger partial charge is 0.493 e. The van der Waals surface area contributed by atoms with E-state index in [0.29, 0.717) is 5.11 Å². The number of thiocarbonyl (C=S) groups is 1. The normalized spacial score (nSPS) is 18.8. The van der Waals surface area contributed by atoms with Gasteiger partial charge in [-0.05, 0) is 56.2 Å². The fraction of sp³-hybridized carbons (Fsp3) is 0.458. The molecule has 5 nitrogen and oxygen atoms in total. The number of methoxy groups -OCH3 is 2. The van der Waals surface area contributed by atoms with Gasteiger partial charge in [0.1, 0.15) is 12.6 Å². The van der Waals surface area contributed by atoms with E-state index in [1.54, 1.807) is 14.2 Å². The van der Waals surface area contributed by atoms with Crippen LogP contribution in [0, 0.1) is 6.92 Å². The molecule has 0 saturated carbocycles. The summed E-state index contributed by atoms with van der Waals surface area (Å²) in [7, 11) is 3.39. The van der Waals surface area contributed by atoms with Gasteiger partial charge in [0.05, 0.1) is 26.8 Å². The van der Waals surface area contributed by atoms with Crippen LogP contribution in [0.25, 0.3) is 0 Å². The van der Waals surface area contributed by atoms with Gasteiger partial charge in [-0.2, -0.15) is 0 Å². The highest BCUT2D eigenvalue weighted by molar-refractivity contribution is 7.80. The zero-order valence-electron chi connectivity index (χ0n) is 18.7. The molecule has 1 aliphatic rings. The molecule has 0 aromatic heterocycles. The summed E-state index contributed by atoms with van der Waals surface area (Å²) in [5.41, 5.74) is 5.37. The lowest BCUT2D eigenvalue weighted by atomic mass is 9.87. The number of fused-ring (bicyclic) bond motifs is 1. The molecule has 0 radical (unpaired) electrons. The van der Waals surface area contributed by atoms with E-state index in [1.807, 2.05) is 0 Å². The number of hydrogen-bond donors (Lipinski definition) is 3. The minimum Gasteiger partial charge on any atom is -0.493 e. The van der Waals surface area contributed by atoms with Crippen LogP contribution in [0.4, 0.5) is 0 Å². The first-order chi connectivity index (χ1) is 14.5. The highest BCUT2D eigenvalue weighted by Crippen LogP contribution is 2.35. The average Bonchev–Trinajstić information content (AvgIpc) is 2.74. The van der Waals surface area contributed by atoms with Crippen molar-refractivity contribution in [2.24, 2.45) is 0 Å². The molecule has 6 heteroatoms. The Morgan fingerprint density at radius 2 is 1.90 bits per heavy atom. The maximum absolute atomic E-state index is 5.63. The van der Waals surface area contributed by atoms with Gasteiger partial charge in [0.2, 0.25) is 0 Å². The van der Waals surface area contributed by atoms with Crippen LogP contribution >= 0.6 is 12.2 Å². The van der Waals surface area contributed by atoms with E-state index in [2.05, 4.69) is 67.8 Å². The molecule has 0 aliphatic carbocycles. The summed E-state index contributed by atoms with van der Waals surface area (Å²) in [6, 6.07) is 13.4. The summed E-state index contributed by atoms with van der Waals surface area (Å²) in [6.45, 7) is 9.31. The Morgan fingerprint density at radius 1 is 1.20 bits per heavy atom. The number of rotatable bonds is 7. The Labute approximate surface area is 185 Å². The van der Waals surface area contributed by atoms with E-state index in [-0.39, 0.29) is 12.1 Å². The highest BCUT2D eigenvalue weighted by Gasteiger charge is 2.37. The Kier molecular flexibility index (Phi) is 7.56. The first kappa shape index (κ1) is 22.4. The third-order valence-corrected chi connectivity index (χ3v) is 6.27. The fourth-order valence-electron chi connectivity index (χ4n) is 4.49. The van der Waals surface area contributed by atoms with Gasteiger partial charge in [-0.15, -0.1) is 0 Å². The molecule has 1 unspecified atom stereocenters. The maximum atomic E-state index is 5.63. The summed E-state index contributed by atoms with van der Waals surface area (Å²) >= 11 is 5.50. The SMILES string of the molecule is CCNC(=S)N[C@@H](C)[C@H]1c2cc(OC)c(OC)cc2CC[NH+]1Cc1ccccc1C. The molecule has 162 valence electrons. The van der Waals surface area contributed by atoms with Crippen molar-refractivity contribution in [3.63, 3.8) is 0 Å². The predicted octanol–water partition coefficient (Wildman–Crippen LogP) is 2.57. The van der Waals surface area contributed by atoms with Gasteiger partial charge in [-0.3, -0.25) is 0 Å². The van der Waals surface area contributed by atoms with Crippen molar-refractivity contribution in [2.75, 3.05) is 27.3 Å². The Balaban J connectivity index is 1.99. The van der Waals surface area contributed by atoms with Gasteiger partial charge < -0.3 is 25.0 Å². The summed E-state index contributed by atoms with van der Waals surface area (Å²) in [5, 5.41) is 7.44. The molecule has 1 aliphatic heterocycles. The number of ether oxygens (including phenoxy) is 2. The van der Waals surface area contributed by atoms with Crippen molar-refractivity contribution in [1.82, 2.24) is 10.6 Å². The van der Waals surface area contributed by atoms with Gasteiger partial charge >= 0.3 is 0 Å². The standard InChI is InChI=1S/C24H33N3O2S/c1-6-25-24(30)26-17(3)23-20-14-22(29-5)21(28-4)13-18(20)11-12-27(23)15-19-10-8-7-9-16(19)2/h7-10,13-14,17,23H,6,11-12,15H2,1-5H3,(H2,25,26,30)/p+1/t17-,23-/m0/s1. The molecule has 0 amide bonds. The second-order valence-electron chi connectivity index (χ2n) is 7.94. The van der Waals surface area contributed by atoms with Crippen molar-refractivity contribution in [3.8, 4) is 11.5 Å². The lowest BCUT2D eigenvalue weighted by molar-refractivity contribution is -0.948. The zero-order chi connectivity index (χ0) is 21.7. The quantitative estimate of drug-likeness (QED) is 0.592. The highest BCUT2D eigenvalue weighted by atomic mass is 32.1. The molecule has 0 bridgehead atoms. The van der Waals surface area contributed by atoms with Crippen LogP contribution in [0.2, 0.25) is 0 Å². The molecule has 0 fully saturated rings. The van der Waals surface area contributed by atoms with Crippen molar-refractivity contribution >= 4 is 17.3 Å². The van der Waals surface area contributed by atoms with Crippen molar-refractivity contribution in [1.29, 1.82) is 0 Å². The van der Waals surface area contributed by atoms with E-state index in [9.17, 15) is 0 Å². The van der Waals surface area contributed by atoms with Crippen LogP contribution in [0.5, 0.6) is 11.5 Å². The van der Waals surface area contributed by atoms with Crippen LogP contribution in [0.1, 0.15) is 42.1 Å². The van der Waals surface area contributed by atoms with Gasteiger partial charge in [-0.25, -0.2) is 0 Å². The number of nitrogens with one attached hydrogen (secondary N) is 3. The Morgan fingerprint density at radius 3 is 2.57 bits per heavy atom. The molecule has 0 saturated heterocycles. The monoisotopic (exact) mass is 428 g/mol. The molecule has 3 N–H and O–H groups in total. The third-order valence-electron chi connectivity index (χ3n) is 6.01.